The SMILES string of the molecule is CC(=O)NC1CC2(CCN(C)CC2)C2=C1CCC=C2. The zero-order chi connectivity index (χ0) is 13.5. The summed E-state index contributed by atoms with van der Waals surface area (Å²) >= 11 is 0. The van der Waals surface area contributed by atoms with Crippen molar-refractivity contribution in [2.75, 3.05) is 20.1 Å². The average molecular weight is 260 g/mol. The number of nitrogens with zero attached hydrogens (tertiary/aromatic N) is 1. The molecule has 3 rings (SSSR count). The van der Waals surface area contributed by atoms with Crippen molar-refractivity contribution in [3.63, 3.8) is 0 Å². The van der Waals surface area contributed by atoms with Gasteiger partial charge in [0.05, 0.1) is 6.04 Å². The van der Waals surface area contributed by atoms with E-state index in [2.05, 4.69) is 29.4 Å². The van der Waals surface area contributed by atoms with Crippen molar-refractivity contribution in [2.45, 2.75) is 45.1 Å². The van der Waals surface area contributed by atoms with Crippen molar-refractivity contribution in [3.8, 4) is 0 Å². The summed E-state index contributed by atoms with van der Waals surface area (Å²) in [7, 11) is 2.21. The lowest BCUT2D eigenvalue weighted by atomic mass is 9.72. The van der Waals surface area contributed by atoms with Gasteiger partial charge >= 0.3 is 0 Å². The summed E-state index contributed by atoms with van der Waals surface area (Å²) in [4.78, 5) is 13.9. The minimum atomic E-state index is 0.108. The van der Waals surface area contributed by atoms with Gasteiger partial charge < -0.3 is 10.2 Å². The molecule has 3 nitrogen and oxygen atoms in total. The first-order valence-corrected chi connectivity index (χ1v) is 7.46. The highest BCUT2D eigenvalue weighted by Crippen LogP contribution is 2.52. The van der Waals surface area contributed by atoms with Gasteiger partial charge in [0.1, 0.15) is 0 Å². The Hall–Kier alpha value is -1.09. The summed E-state index contributed by atoms with van der Waals surface area (Å²) in [6.45, 7) is 3.99. The number of rotatable bonds is 1. The van der Waals surface area contributed by atoms with Crippen molar-refractivity contribution in [3.05, 3.63) is 23.3 Å². The number of hydrogen-bond acceptors (Lipinski definition) is 2. The topological polar surface area (TPSA) is 32.3 Å². The first-order valence-electron chi connectivity index (χ1n) is 7.46. The van der Waals surface area contributed by atoms with Crippen LogP contribution in [0.3, 0.4) is 0 Å². The Kier molecular flexibility index (Phi) is 3.25. The van der Waals surface area contributed by atoms with Crippen LogP contribution in [-0.2, 0) is 4.79 Å². The first kappa shape index (κ1) is 12.9. The van der Waals surface area contributed by atoms with Gasteiger partial charge in [0, 0.05) is 12.3 Å². The number of nitrogens with one attached hydrogen (secondary N) is 1. The molecule has 1 saturated heterocycles. The van der Waals surface area contributed by atoms with Crippen LogP contribution in [0.25, 0.3) is 0 Å². The van der Waals surface area contributed by atoms with Crippen molar-refractivity contribution >= 4 is 5.91 Å². The standard InChI is InChI=1S/C16H24N2O/c1-12(19)17-15-11-16(7-9-18(2)10-8-16)14-6-4-3-5-13(14)15/h4,6,15H,3,5,7-11H2,1-2H3,(H,17,19). The van der Waals surface area contributed by atoms with E-state index < -0.39 is 0 Å². The predicted molar refractivity (Wildman–Crippen MR) is 76.8 cm³/mol. The third kappa shape index (κ3) is 2.25. The number of hydrogen-bond donors (Lipinski definition) is 1. The van der Waals surface area contributed by atoms with Gasteiger partial charge in [0.15, 0.2) is 0 Å². The molecule has 0 radical (unpaired) electrons. The van der Waals surface area contributed by atoms with Crippen LogP contribution < -0.4 is 5.32 Å². The number of piperidine rings is 1. The number of fused-ring (bicyclic) bond motifs is 1. The van der Waals surface area contributed by atoms with Gasteiger partial charge in [0.2, 0.25) is 5.91 Å². The number of allylic oxidation sites excluding steroid dienone is 3. The molecule has 1 N–H and O–H groups in total. The fourth-order valence-corrected chi connectivity index (χ4v) is 4.09. The number of carbonyl (C=O) groups is 1. The van der Waals surface area contributed by atoms with E-state index in [1.54, 1.807) is 12.5 Å². The van der Waals surface area contributed by atoms with Gasteiger partial charge in [-0.15, -0.1) is 0 Å². The molecule has 1 aliphatic heterocycles. The Morgan fingerprint density at radius 3 is 2.84 bits per heavy atom. The monoisotopic (exact) mass is 260 g/mol. The Balaban J connectivity index is 1.89. The zero-order valence-corrected chi connectivity index (χ0v) is 12.0. The molecule has 2 aliphatic carbocycles. The van der Waals surface area contributed by atoms with Crippen LogP contribution in [0, 0.1) is 5.41 Å². The molecule has 3 heteroatoms. The highest BCUT2D eigenvalue weighted by Gasteiger charge is 2.46. The van der Waals surface area contributed by atoms with Crippen molar-refractivity contribution in [2.24, 2.45) is 5.41 Å². The van der Waals surface area contributed by atoms with E-state index in [9.17, 15) is 4.79 Å². The molecule has 1 atom stereocenters. The van der Waals surface area contributed by atoms with E-state index in [4.69, 9.17) is 0 Å². The van der Waals surface area contributed by atoms with Gasteiger partial charge in [-0.25, -0.2) is 0 Å². The van der Waals surface area contributed by atoms with E-state index in [1.165, 1.54) is 31.5 Å². The molecule has 1 heterocycles. The summed E-state index contributed by atoms with van der Waals surface area (Å²) in [6, 6.07) is 0.292. The number of carbonyl (C=O) groups excluding carboxylic acids is 1. The van der Waals surface area contributed by atoms with Crippen LogP contribution in [0.1, 0.15) is 39.0 Å². The predicted octanol–water partition coefficient (Wildman–Crippen LogP) is 2.25. The van der Waals surface area contributed by atoms with Crippen LogP contribution in [0.15, 0.2) is 23.3 Å². The van der Waals surface area contributed by atoms with Crippen LogP contribution >= 0.6 is 0 Å². The molecular formula is C16H24N2O. The number of likely N-dealkylation sites (tertiary alicyclic amines) is 1. The van der Waals surface area contributed by atoms with Crippen LogP contribution in [0.5, 0.6) is 0 Å². The summed E-state index contributed by atoms with van der Waals surface area (Å²) in [5, 5.41) is 3.18. The van der Waals surface area contributed by atoms with E-state index in [1.807, 2.05) is 0 Å². The molecule has 3 aliphatic rings. The van der Waals surface area contributed by atoms with E-state index in [-0.39, 0.29) is 5.91 Å². The lowest BCUT2D eigenvalue weighted by Gasteiger charge is -2.40. The fourth-order valence-electron chi connectivity index (χ4n) is 4.09. The average Bonchev–Trinajstić information content (AvgIpc) is 2.68. The summed E-state index contributed by atoms with van der Waals surface area (Å²) in [5.74, 6) is 0.108. The smallest absolute Gasteiger partial charge is 0.217 e. The minimum Gasteiger partial charge on any atom is -0.350 e. The van der Waals surface area contributed by atoms with E-state index in [0.717, 1.165) is 19.3 Å². The molecule has 0 aromatic carbocycles. The summed E-state index contributed by atoms with van der Waals surface area (Å²) < 4.78 is 0. The first-order chi connectivity index (χ1) is 9.11. The maximum atomic E-state index is 11.4. The largest absolute Gasteiger partial charge is 0.350 e. The van der Waals surface area contributed by atoms with Crippen molar-refractivity contribution in [1.82, 2.24) is 10.2 Å². The number of amides is 1. The summed E-state index contributed by atoms with van der Waals surface area (Å²) in [5.41, 5.74) is 3.42. The van der Waals surface area contributed by atoms with E-state index >= 15 is 0 Å². The van der Waals surface area contributed by atoms with Gasteiger partial charge in [-0.1, -0.05) is 12.2 Å². The van der Waals surface area contributed by atoms with Gasteiger partial charge in [0.25, 0.3) is 0 Å². The van der Waals surface area contributed by atoms with Crippen LogP contribution in [0.4, 0.5) is 0 Å². The molecule has 0 bridgehead atoms. The molecule has 0 aromatic heterocycles. The third-order valence-corrected chi connectivity index (χ3v) is 5.12. The zero-order valence-electron chi connectivity index (χ0n) is 12.0. The van der Waals surface area contributed by atoms with Crippen LogP contribution in [0.2, 0.25) is 0 Å². The Morgan fingerprint density at radius 1 is 1.42 bits per heavy atom. The summed E-state index contributed by atoms with van der Waals surface area (Å²) in [6.07, 6.45) is 10.5. The molecule has 0 saturated carbocycles. The minimum absolute atomic E-state index is 0.108. The Bertz CT molecular complexity index is 442. The molecular weight excluding hydrogens is 236 g/mol. The van der Waals surface area contributed by atoms with Gasteiger partial charge in [-0.2, -0.15) is 0 Å². The fraction of sp³-hybridized carbons (Fsp3) is 0.688. The Labute approximate surface area is 115 Å². The third-order valence-electron chi connectivity index (χ3n) is 5.12. The second-order valence-electron chi connectivity index (χ2n) is 6.42. The quantitative estimate of drug-likeness (QED) is 0.784. The maximum Gasteiger partial charge on any atom is 0.217 e. The molecule has 1 amide bonds. The molecule has 1 unspecified atom stereocenters. The van der Waals surface area contributed by atoms with E-state index in [0.29, 0.717) is 11.5 Å². The highest BCUT2D eigenvalue weighted by atomic mass is 16.1. The molecule has 1 fully saturated rings. The highest BCUT2D eigenvalue weighted by molar-refractivity contribution is 5.74. The van der Waals surface area contributed by atoms with Gasteiger partial charge in [-0.3, -0.25) is 4.79 Å². The van der Waals surface area contributed by atoms with Crippen molar-refractivity contribution in [1.29, 1.82) is 0 Å². The lowest BCUT2D eigenvalue weighted by Crippen LogP contribution is -2.40. The maximum absolute atomic E-state index is 11.4. The van der Waals surface area contributed by atoms with Crippen molar-refractivity contribution < 1.29 is 4.79 Å². The molecule has 19 heavy (non-hydrogen) atoms. The second-order valence-corrected chi connectivity index (χ2v) is 6.42. The lowest BCUT2D eigenvalue weighted by molar-refractivity contribution is -0.119. The second kappa shape index (κ2) is 4.78. The molecule has 104 valence electrons. The Morgan fingerprint density at radius 2 is 2.16 bits per heavy atom. The molecule has 0 aromatic rings. The normalized spacial score (nSPS) is 29.7. The molecule has 1 spiro atoms. The van der Waals surface area contributed by atoms with Crippen LogP contribution in [-0.4, -0.2) is 37.0 Å². The van der Waals surface area contributed by atoms with Gasteiger partial charge in [-0.05, 0) is 63.4 Å².